The number of ether oxygens (including phenoxy) is 1. The standard InChI is InChI=1S/C15H23NO2/c1-16-10-4-8-14(12-16)18-15-9-3-2-6-13(15)7-5-11-17/h2-3,6,9,14,17H,4-5,7-8,10-12H2,1H3. The summed E-state index contributed by atoms with van der Waals surface area (Å²) in [6.45, 7) is 2.42. The number of benzene rings is 1. The highest BCUT2D eigenvalue weighted by atomic mass is 16.5. The van der Waals surface area contributed by atoms with Gasteiger partial charge in [0.25, 0.3) is 0 Å². The third-order valence-electron chi connectivity index (χ3n) is 3.45. The van der Waals surface area contributed by atoms with Gasteiger partial charge in [-0.2, -0.15) is 0 Å². The minimum absolute atomic E-state index is 0.237. The largest absolute Gasteiger partial charge is 0.489 e. The Bertz CT molecular complexity index is 367. The third-order valence-corrected chi connectivity index (χ3v) is 3.45. The molecule has 1 unspecified atom stereocenters. The quantitative estimate of drug-likeness (QED) is 0.867. The van der Waals surface area contributed by atoms with E-state index >= 15 is 0 Å². The van der Waals surface area contributed by atoms with Gasteiger partial charge in [-0.05, 0) is 50.9 Å². The lowest BCUT2D eigenvalue weighted by Gasteiger charge is -2.30. The average Bonchev–Trinajstić information content (AvgIpc) is 2.38. The maximum absolute atomic E-state index is 8.93. The summed E-state index contributed by atoms with van der Waals surface area (Å²) in [6, 6.07) is 8.19. The molecule has 1 aromatic carbocycles. The van der Waals surface area contributed by atoms with Crippen LogP contribution in [0.5, 0.6) is 5.75 Å². The molecule has 0 aromatic heterocycles. The van der Waals surface area contributed by atoms with Crippen LogP contribution in [0.2, 0.25) is 0 Å². The summed E-state index contributed by atoms with van der Waals surface area (Å²) in [6.07, 6.45) is 4.33. The van der Waals surface area contributed by atoms with Crippen LogP contribution in [0.25, 0.3) is 0 Å². The molecule has 0 aliphatic carbocycles. The predicted octanol–water partition coefficient (Wildman–Crippen LogP) is 2.08. The van der Waals surface area contributed by atoms with Gasteiger partial charge < -0.3 is 14.7 Å². The lowest BCUT2D eigenvalue weighted by molar-refractivity contribution is 0.103. The van der Waals surface area contributed by atoms with Crippen molar-refractivity contribution in [2.45, 2.75) is 31.8 Å². The van der Waals surface area contributed by atoms with Crippen molar-refractivity contribution in [2.24, 2.45) is 0 Å². The van der Waals surface area contributed by atoms with Gasteiger partial charge in [0.15, 0.2) is 0 Å². The number of piperidine rings is 1. The van der Waals surface area contributed by atoms with E-state index in [0.717, 1.165) is 31.6 Å². The first-order valence-corrected chi connectivity index (χ1v) is 6.83. The Labute approximate surface area is 109 Å². The number of aryl methyl sites for hydroxylation is 1. The summed E-state index contributed by atoms with van der Waals surface area (Å²) in [4.78, 5) is 2.32. The number of likely N-dealkylation sites (tertiary alicyclic amines) is 1. The van der Waals surface area contributed by atoms with Crippen molar-refractivity contribution in [1.29, 1.82) is 0 Å². The Hall–Kier alpha value is -1.06. The van der Waals surface area contributed by atoms with Gasteiger partial charge in [0.2, 0.25) is 0 Å². The average molecular weight is 249 g/mol. The second-order valence-electron chi connectivity index (χ2n) is 5.08. The lowest BCUT2D eigenvalue weighted by atomic mass is 10.1. The van der Waals surface area contributed by atoms with Crippen LogP contribution in [0.1, 0.15) is 24.8 Å². The first-order valence-electron chi connectivity index (χ1n) is 6.83. The normalized spacial score (nSPS) is 20.9. The SMILES string of the molecule is CN1CCCC(Oc2ccccc2CCCO)C1. The van der Waals surface area contributed by atoms with Gasteiger partial charge in [0.1, 0.15) is 11.9 Å². The molecule has 1 fully saturated rings. The Morgan fingerprint density at radius 3 is 3.00 bits per heavy atom. The molecule has 1 atom stereocenters. The highest BCUT2D eigenvalue weighted by Crippen LogP contribution is 2.23. The molecular formula is C15H23NO2. The summed E-state index contributed by atoms with van der Waals surface area (Å²) in [5.74, 6) is 0.992. The number of para-hydroxylation sites is 1. The van der Waals surface area contributed by atoms with Crippen LogP contribution in [0.3, 0.4) is 0 Å². The van der Waals surface area contributed by atoms with Crippen molar-refractivity contribution in [1.82, 2.24) is 4.90 Å². The van der Waals surface area contributed by atoms with Gasteiger partial charge in [-0.3, -0.25) is 0 Å². The molecule has 1 aliphatic heterocycles. The zero-order chi connectivity index (χ0) is 12.8. The zero-order valence-corrected chi connectivity index (χ0v) is 11.1. The molecule has 0 bridgehead atoms. The van der Waals surface area contributed by atoms with E-state index in [1.807, 2.05) is 18.2 Å². The van der Waals surface area contributed by atoms with Gasteiger partial charge in [-0.25, -0.2) is 0 Å². The van der Waals surface area contributed by atoms with E-state index < -0.39 is 0 Å². The van der Waals surface area contributed by atoms with Crippen LogP contribution in [0.4, 0.5) is 0 Å². The van der Waals surface area contributed by atoms with Crippen molar-refractivity contribution >= 4 is 0 Å². The molecule has 2 rings (SSSR count). The monoisotopic (exact) mass is 249 g/mol. The van der Waals surface area contributed by atoms with Crippen molar-refractivity contribution in [3.8, 4) is 5.75 Å². The molecule has 0 saturated carbocycles. The van der Waals surface area contributed by atoms with Crippen LogP contribution in [0, 0.1) is 0 Å². The number of nitrogens with zero attached hydrogens (tertiary/aromatic N) is 1. The first kappa shape index (κ1) is 13.4. The molecule has 0 amide bonds. The maximum atomic E-state index is 8.93. The summed E-state index contributed by atoms with van der Waals surface area (Å²) in [5.41, 5.74) is 1.21. The summed E-state index contributed by atoms with van der Waals surface area (Å²) >= 11 is 0. The van der Waals surface area contributed by atoms with Gasteiger partial charge in [-0.1, -0.05) is 18.2 Å². The topological polar surface area (TPSA) is 32.7 Å². The smallest absolute Gasteiger partial charge is 0.122 e. The maximum Gasteiger partial charge on any atom is 0.122 e. The fourth-order valence-electron chi connectivity index (χ4n) is 2.49. The van der Waals surface area contributed by atoms with Crippen LogP contribution >= 0.6 is 0 Å². The minimum atomic E-state index is 0.237. The second-order valence-corrected chi connectivity index (χ2v) is 5.08. The molecule has 1 saturated heterocycles. The molecule has 1 aromatic rings. The Kier molecular flexibility index (Phi) is 5.02. The number of aliphatic hydroxyl groups is 1. The van der Waals surface area contributed by atoms with E-state index in [4.69, 9.17) is 9.84 Å². The van der Waals surface area contributed by atoms with E-state index in [2.05, 4.69) is 18.0 Å². The second kappa shape index (κ2) is 6.76. The Morgan fingerprint density at radius 1 is 1.39 bits per heavy atom. The van der Waals surface area contributed by atoms with Gasteiger partial charge in [0, 0.05) is 13.2 Å². The number of likely N-dealkylation sites (N-methyl/N-ethyl adjacent to an activating group) is 1. The molecular weight excluding hydrogens is 226 g/mol. The molecule has 3 heteroatoms. The molecule has 100 valence electrons. The van der Waals surface area contributed by atoms with Crippen LogP contribution in [0.15, 0.2) is 24.3 Å². The fourth-order valence-corrected chi connectivity index (χ4v) is 2.49. The van der Waals surface area contributed by atoms with Gasteiger partial charge >= 0.3 is 0 Å². The third kappa shape index (κ3) is 3.72. The summed E-state index contributed by atoms with van der Waals surface area (Å²) in [7, 11) is 2.15. The lowest BCUT2D eigenvalue weighted by Crippen LogP contribution is -2.38. The first-order chi connectivity index (χ1) is 8.79. The molecule has 1 heterocycles. The molecule has 0 spiro atoms. The predicted molar refractivity (Wildman–Crippen MR) is 73.0 cm³/mol. The minimum Gasteiger partial charge on any atom is -0.489 e. The zero-order valence-electron chi connectivity index (χ0n) is 11.1. The van der Waals surface area contributed by atoms with Crippen molar-refractivity contribution in [3.63, 3.8) is 0 Å². The van der Waals surface area contributed by atoms with E-state index in [9.17, 15) is 0 Å². The molecule has 18 heavy (non-hydrogen) atoms. The van der Waals surface area contributed by atoms with Gasteiger partial charge in [0.05, 0.1) is 0 Å². The van der Waals surface area contributed by atoms with Crippen LogP contribution in [-0.2, 0) is 6.42 Å². The van der Waals surface area contributed by atoms with E-state index in [-0.39, 0.29) is 6.61 Å². The summed E-state index contributed by atoms with van der Waals surface area (Å²) < 4.78 is 6.13. The number of hydrogen-bond donors (Lipinski definition) is 1. The van der Waals surface area contributed by atoms with Gasteiger partial charge in [-0.15, -0.1) is 0 Å². The van der Waals surface area contributed by atoms with E-state index in [1.54, 1.807) is 0 Å². The fraction of sp³-hybridized carbons (Fsp3) is 0.600. The molecule has 1 N–H and O–H groups in total. The Balaban J connectivity index is 1.99. The number of aliphatic hydroxyl groups excluding tert-OH is 1. The number of rotatable bonds is 5. The molecule has 3 nitrogen and oxygen atoms in total. The van der Waals surface area contributed by atoms with Crippen molar-refractivity contribution in [2.75, 3.05) is 26.7 Å². The molecule has 1 aliphatic rings. The highest BCUT2D eigenvalue weighted by molar-refractivity contribution is 5.33. The van der Waals surface area contributed by atoms with Crippen molar-refractivity contribution < 1.29 is 9.84 Å². The van der Waals surface area contributed by atoms with E-state index in [1.165, 1.54) is 18.5 Å². The van der Waals surface area contributed by atoms with Crippen LogP contribution < -0.4 is 4.74 Å². The molecule has 0 radical (unpaired) electrons. The van der Waals surface area contributed by atoms with Crippen LogP contribution in [-0.4, -0.2) is 42.9 Å². The summed E-state index contributed by atoms with van der Waals surface area (Å²) in [5, 5.41) is 8.93. The van der Waals surface area contributed by atoms with Crippen molar-refractivity contribution in [3.05, 3.63) is 29.8 Å². The highest BCUT2D eigenvalue weighted by Gasteiger charge is 2.19. The Morgan fingerprint density at radius 2 is 2.22 bits per heavy atom. The van der Waals surface area contributed by atoms with E-state index in [0.29, 0.717) is 6.10 Å². The number of hydrogen-bond acceptors (Lipinski definition) is 3.